The van der Waals surface area contributed by atoms with Crippen molar-refractivity contribution < 1.29 is 13.9 Å². The maximum Gasteiger partial charge on any atom is 0.195 e. The Bertz CT molecular complexity index is 1110. The van der Waals surface area contributed by atoms with Crippen molar-refractivity contribution in [3.05, 3.63) is 41.2 Å². The van der Waals surface area contributed by atoms with E-state index in [4.69, 9.17) is 18.9 Å². The van der Waals surface area contributed by atoms with Crippen molar-refractivity contribution in [2.45, 2.75) is 58.0 Å². The van der Waals surface area contributed by atoms with E-state index in [2.05, 4.69) is 24.1 Å². The van der Waals surface area contributed by atoms with E-state index in [0.29, 0.717) is 5.92 Å². The number of benzene rings is 1. The summed E-state index contributed by atoms with van der Waals surface area (Å²) in [6.45, 7) is 3.83. The second kappa shape index (κ2) is 8.64. The van der Waals surface area contributed by atoms with Gasteiger partial charge in [-0.15, -0.1) is 11.3 Å². The summed E-state index contributed by atoms with van der Waals surface area (Å²) in [7, 11) is 0. The molecule has 0 radical (unpaired) electrons. The lowest BCUT2D eigenvalue weighted by atomic mass is 9.85. The van der Waals surface area contributed by atoms with Gasteiger partial charge in [-0.05, 0) is 62.5 Å². The van der Waals surface area contributed by atoms with E-state index >= 15 is 0 Å². The number of fused-ring (bicyclic) bond motifs is 4. The molecule has 2 bridgehead atoms. The third-order valence-electron chi connectivity index (χ3n) is 7.42. The number of thiazole rings is 1. The number of allylic oxidation sites excluding steroid dienone is 2. The Labute approximate surface area is 192 Å². The molecular formula is C26H30N2O3S. The predicted octanol–water partition coefficient (Wildman–Crippen LogP) is 6.43. The van der Waals surface area contributed by atoms with Gasteiger partial charge in [0.15, 0.2) is 17.0 Å². The van der Waals surface area contributed by atoms with Crippen LogP contribution in [0.5, 0.6) is 5.75 Å². The van der Waals surface area contributed by atoms with Gasteiger partial charge >= 0.3 is 0 Å². The zero-order valence-electron chi connectivity index (χ0n) is 18.6. The standard InChI is InChI=1S/C26H30N2O3S/c1-16-12-17-2-3-19(16)14-18(13-17)15-23-28-24-22(30-20-6-9-29-10-7-20)5-4-21(25(24)31-23)26-27-8-11-32-26/h4-5,8,11-12,17-20H,2-3,6-7,9-10,13-15H2,1H3. The highest BCUT2D eigenvalue weighted by atomic mass is 32.1. The minimum absolute atomic E-state index is 0.171. The van der Waals surface area contributed by atoms with Gasteiger partial charge in [0.25, 0.3) is 0 Å². The predicted molar refractivity (Wildman–Crippen MR) is 126 cm³/mol. The zero-order valence-corrected chi connectivity index (χ0v) is 19.4. The van der Waals surface area contributed by atoms with Crippen molar-refractivity contribution in [3.8, 4) is 16.3 Å². The molecule has 32 heavy (non-hydrogen) atoms. The van der Waals surface area contributed by atoms with Crippen LogP contribution in [0.15, 0.2) is 39.8 Å². The van der Waals surface area contributed by atoms with Gasteiger partial charge in [-0.3, -0.25) is 0 Å². The molecule has 1 aromatic carbocycles. The number of ether oxygens (including phenoxy) is 2. The summed E-state index contributed by atoms with van der Waals surface area (Å²) in [5.41, 5.74) is 4.25. The van der Waals surface area contributed by atoms with Crippen LogP contribution in [0.3, 0.4) is 0 Å². The molecule has 1 aliphatic heterocycles. The molecule has 3 aromatic rings. The number of hydrogen-bond donors (Lipinski definition) is 0. The third kappa shape index (κ3) is 3.99. The number of rotatable bonds is 5. The van der Waals surface area contributed by atoms with Gasteiger partial charge in [0, 0.05) is 30.8 Å². The highest BCUT2D eigenvalue weighted by Crippen LogP contribution is 2.43. The molecule has 6 heteroatoms. The van der Waals surface area contributed by atoms with Crippen molar-refractivity contribution in [2.24, 2.45) is 17.8 Å². The first kappa shape index (κ1) is 20.4. The van der Waals surface area contributed by atoms with Crippen molar-refractivity contribution in [1.29, 1.82) is 0 Å². The molecule has 2 aromatic heterocycles. The zero-order chi connectivity index (χ0) is 21.5. The number of aromatic nitrogens is 2. The Morgan fingerprint density at radius 1 is 1.12 bits per heavy atom. The van der Waals surface area contributed by atoms with E-state index in [0.717, 1.165) is 77.6 Å². The van der Waals surface area contributed by atoms with Crippen LogP contribution in [0.1, 0.15) is 51.3 Å². The van der Waals surface area contributed by atoms with Crippen molar-refractivity contribution in [2.75, 3.05) is 13.2 Å². The molecular weight excluding hydrogens is 420 g/mol. The van der Waals surface area contributed by atoms with Crippen LogP contribution in [0.2, 0.25) is 0 Å². The van der Waals surface area contributed by atoms with E-state index in [-0.39, 0.29) is 6.10 Å². The normalized spacial score (nSPS) is 26.3. The molecule has 0 N–H and O–H groups in total. The summed E-state index contributed by atoms with van der Waals surface area (Å²) >= 11 is 1.63. The quantitative estimate of drug-likeness (QED) is 0.419. The first-order chi connectivity index (χ1) is 15.7. The average Bonchev–Trinajstić information content (AvgIpc) is 3.40. The lowest BCUT2D eigenvalue weighted by Gasteiger charge is -2.23. The van der Waals surface area contributed by atoms with Crippen molar-refractivity contribution >= 4 is 22.4 Å². The molecule has 2 fully saturated rings. The Morgan fingerprint density at radius 2 is 2.03 bits per heavy atom. The van der Waals surface area contributed by atoms with E-state index in [1.807, 2.05) is 17.6 Å². The van der Waals surface area contributed by atoms with Crippen molar-refractivity contribution in [1.82, 2.24) is 9.97 Å². The summed E-state index contributed by atoms with van der Waals surface area (Å²) in [5.74, 6) is 3.74. The van der Waals surface area contributed by atoms with Crippen LogP contribution >= 0.6 is 11.3 Å². The fourth-order valence-electron chi connectivity index (χ4n) is 5.77. The molecule has 4 aliphatic rings. The molecule has 3 unspecified atom stereocenters. The van der Waals surface area contributed by atoms with Gasteiger partial charge in [-0.1, -0.05) is 11.6 Å². The second-order valence-corrected chi connectivity index (χ2v) is 10.5. The molecule has 3 heterocycles. The SMILES string of the molecule is CC1=CC2CCC1CC(Cc1nc3c(OC4CCOCC4)ccc(-c4nccs4)c3o1)C2. The molecule has 168 valence electrons. The maximum absolute atomic E-state index is 6.45. The van der Waals surface area contributed by atoms with Crippen LogP contribution in [0, 0.1) is 17.8 Å². The summed E-state index contributed by atoms with van der Waals surface area (Å²) in [6.07, 6.45) is 12.4. The third-order valence-corrected chi connectivity index (χ3v) is 8.23. The molecule has 1 saturated carbocycles. The van der Waals surface area contributed by atoms with E-state index < -0.39 is 0 Å². The lowest BCUT2D eigenvalue weighted by Crippen LogP contribution is -2.25. The van der Waals surface area contributed by atoms with Gasteiger partial charge in [-0.2, -0.15) is 0 Å². The lowest BCUT2D eigenvalue weighted by molar-refractivity contribution is 0.0261. The Kier molecular flexibility index (Phi) is 5.51. The molecule has 3 atom stereocenters. The molecule has 0 amide bonds. The van der Waals surface area contributed by atoms with Crippen molar-refractivity contribution in [3.63, 3.8) is 0 Å². The summed E-state index contributed by atoms with van der Waals surface area (Å²) in [6, 6.07) is 4.12. The fourth-order valence-corrected chi connectivity index (χ4v) is 6.43. The first-order valence-electron chi connectivity index (χ1n) is 12.0. The van der Waals surface area contributed by atoms with Gasteiger partial charge < -0.3 is 13.9 Å². The van der Waals surface area contributed by atoms with Crippen LogP contribution in [0.4, 0.5) is 0 Å². The molecule has 0 spiro atoms. The average molecular weight is 451 g/mol. The fraction of sp³-hybridized carbons (Fsp3) is 0.538. The minimum atomic E-state index is 0.171. The van der Waals surface area contributed by atoms with E-state index in [9.17, 15) is 0 Å². The number of hydrogen-bond acceptors (Lipinski definition) is 6. The molecule has 7 rings (SSSR count). The smallest absolute Gasteiger partial charge is 0.195 e. The Balaban J connectivity index is 1.32. The summed E-state index contributed by atoms with van der Waals surface area (Å²) in [5, 5.41) is 2.96. The molecule has 3 aliphatic carbocycles. The van der Waals surface area contributed by atoms with Gasteiger partial charge in [-0.25, -0.2) is 9.97 Å². The highest BCUT2D eigenvalue weighted by Gasteiger charge is 2.31. The summed E-state index contributed by atoms with van der Waals surface area (Å²) in [4.78, 5) is 9.52. The van der Waals surface area contributed by atoms with Gasteiger partial charge in [0.1, 0.15) is 16.9 Å². The molecule has 5 nitrogen and oxygen atoms in total. The topological polar surface area (TPSA) is 57.4 Å². The molecule has 1 saturated heterocycles. The second-order valence-electron chi connectivity index (χ2n) is 9.65. The van der Waals surface area contributed by atoms with Gasteiger partial charge in [0.2, 0.25) is 0 Å². The Hall–Kier alpha value is -2.18. The maximum atomic E-state index is 6.45. The Morgan fingerprint density at radius 3 is 2.84 bits per heavy atom. The van der Waals surface area contributed by atoms with Crippen LogP contribution in [-0.4, -0.2) is 29.3 Å². The van der Waals surface area contributed by atoms with Crippen LogP contribution in [0.25, 0.3) is 21.7 Å². The number of nitrogens with zero attached hydrogens (tertiary/aromatic N) is 2. The van der Waals surface area contributed by atoms with E-state index in [1.54, 1.807) is 16.9 Å². The monoisotopic (exact) mass is 450 g/mol. The van der Waals surface area contributed by atoms with Crippen LogP contribution in [-0.2, 0) is 11.2 Å². The largest absolute Gasteiger partial charge is 0.488 e. The minimum Gasteiger partial charge on any atom is -0.488 e. The van der Waals surface area contributed by atoms with Crippen LogP contribution < -0.4 is 4.74 Å². The summed E-state index contributed by atoms with van der Waals surface area (Å²) < 4.78 is 18.3. The highest BCUT2D eigenvalue weighted by molar-refractivity contribution is 7.13. The first-order valence-corrected chi connectivity index (χ1v) is 12.9. The van der Waals surface area contributed by atoms with Gasteiger partial charge in [0.05, 0.1) is 18.8 Å². The van der Waals surface area contributed by atoms with E-state index in [1.165, 1.54) is 25.7 Å². The number of oxazole rings is 1.